The smallest absolute Gasteiger partial charge is 0.411 e. The minimum Gasteiger partial charge on any atom is -0.465 e. The molecule has 7 nitrogen and oxygen atoms in total. The Morgan fingerprint density at radius 1 is 1.08 bits per heavy atom. The number of rotatable bonds is 5. The molecule has 2 aromatic heterocycles. The summed E-state index contributed by atoms with van der Waals surface area (Å²) >= 11 is 0. The number of imidazole rings is 1. The molecule has 8 heteroatoms. The van der Waals surface area contributed by atoms with Crippen LogP contribution in [0.15, 0.2) is 84.8 Å². The van der Waals surface area contributed by atoms with Crippen LogP contribution in [-0.2, 0) is 0 Å². The van der Waals surface area contributed by atoms with Gasteiger partial charge in [-0.2, -0.15) is 0 Å². The molecular weight excluding hydrogens is 459 g/mol. The van der Waals surface area contributed by atoms with Gasteiger partial charge in [0.25, 0.3) is 5.56 Å². The van der Waals surface area contributed by atoms with Gasteiger partial charge in [-0.1, -0.05) is 18.2 Å². The summed E-state index contributed by atoms with van der Waals surface area (Å²) in [5.41, 5.74) is 2.51. The summed E-state index contributed by atoms with van der Waals surface area (Å²) in [7, 11) is 0. The van der Waals surface area contributed by atoms with Gasteiger partial charge in [-0.15, -0.1) is 13.2 Å². The number of hydrogen-bond donors (Lipinski definition) is 2. The number of aromatic amines is 1. The molecule has 2 heterocycles. The molecule has 2 N–H and O–H groups in total. The lowest BCUT2D eigenvalue weighted by molar-refractivity contribution is 0.198. The average Bonchev–Trinajstić information content (AvgIpc) is 3.33. The Balaban J connectivity index is 0.00000148. The van der Waals surface area contributed by atoms with Crippen molar-refractivity contribution in [2.75, 3.05) is 11.4 Å². The van der Waals surface area contributed by atoms with Gasteiger partial charge in [0.15, 0.2) is 0 Å². The van der Waals surface area contributed by atoms with Gasteiger partial charge in [0.05, 0.1) is 22.4 Å². The number of nitrogens with zero attached hydrogens (tertiary/aromatic N) is 3. The van der Waals surface area contributed by atoms with Gasteiger partial charge in [-0.25, -0.2) is 14.2 Å². The number of nitrogens with one attached hydrogen (secondary N) is 1. The molecule has 2 aromatic carbocycles. The molecule has 1 fully saturated rings. The van der Waals surface area contributed by atoms with Crippen molar-refractivity contribution >= 4 is 22.8 Å². The predicted octanol–water partition coefficient (Wildman–Crippen LogP) is 6.11. The van der Waals surface area contributed by atoms with E-state index in [-0.39, 0.29) is 29.6 Å². The van der Waals surface area contributed by atoms with E-state index >= 15 is 0 Å². The minimum atomic E-state index is -1.14. The highest BCUT2D eigenvalue weighted by atomic mass is 19.1. The molecule has 0 unspecified atom stereocenters. The van der Waals surface area contributed by atoms with Crippen molar-refractivity contribution in [3.05, 3.63) is 102 Å². The van der Waals surface area contributed by atoms with Crippen LogP contribution in [-0.4, -0.2) is 32.3 Å². The maximum absolute atomic E-state index is 14.2. The van der Waals surface area contributed by atoms with E-state index in [1.165, 1.54) is 18.2 Å². The number of halogens is 1. The van der Waals surface area contributed by atoms with Gasteiger partial charge in [-0.3, -0.25) is 14.3 Å². The Hall–Kier alpha value is -4.20. The second kappa shape index (κ2) is 11.0. The molecule has 4 aromatic rings. The van der Waals surface area contributed by atoms with Crippen LogP contribution in [0.4, 0.5) is 14.9 Å². The summed E-state index contributed by atoms with van der Waals surface area (Å²) in [6.45, 7) is 6.28. The number of pyridine rings is 1. The molecule has 1 amide bonds. The van der Waals surface area contributed by atoms with Gasteiger partial charge in [0.1, 0.15) is 11.6 Å². The van der Waals surface area contributed by atoms with Crippen LogP contribution < -0.4 is 10.5 Å². The van der Waals surface area contributed by atoms with Gasteiger partial charge in [0, 0.05) is 24.7 Å². The number of hydrogen-bond acceptors (Lipinski definition) is 3. The normalized spacial score (nSPS) is 17.2. The van der Waals surface area contributed by atoms with E-state index in [0.29, 0.717) is 0 Å². The number of benzene rings is 2. The number of fused-ring (bicyclic) bond motifs is 1. The van der Waals surface area contributed by atoms with Crippen molar-refractivity contribution in [3.63, 3.8) is 0 Å². The third kappa shape index (κ3) is 5.22. The van der Waals surface area contributed by atoms with Crippen LogP contribution in [0.25, 0.3) is 16.7 Å². The Kier molecular flexibility index (Phi) is 7.63. The molecule has 0 radical (unpaired) electrons. The second-order valence-corrected chi connectivity index (χ2v) is 8.79. The molecule has 36 heavy (non-hydrogen) atoms. The summed E-state index contributed by atoms with van der Waals surface area (Å²) in [4.78, 5) is 33.2. The van der Waals surface area contributed by atoms with Crippen molar-refractivity contribution in [2.24, 2.45) is 5.92 Å². The van der Waals surface area contributed by atoms with Gasteiger partial charge < -0.3 is 10.1 Å². The molecule has 1 saturated carbocycles. The van der Waals surface area contributed by atoms with Crippen LogP contribution in [0.1, 0.15) is 37.4 Å². The summed E-state index contributed by atoms with van der Waals surface area (Å²) < 4.78 is 15.8. The Labute approximate surface area is 208 Å². The first kappa shape index (κ1) is 24.9. The number of amides is 1. The number of anilines is 1. The monoisotopic (exact) mass is 488 g/mol. The van der Waals surface area contributed by atoms with E-state index in [1.807, 2.05) is 24.3 Å². The molecule has 0 atom stereocenters. The van der Waals surface area contributed by atoms with Crippen LogP contribution in [0.2, 0.25) is 0 Å². The Bertz CT molecular complexity index is 1410. The first-order valence-corrected chi connectivity index (χ1v) is 11.9. The van der Waals surface area contributed by atoms with Gasteiger partial charge in [0.2, 0.25) is 0 Å². The van der Waals surface area contributed by atoms with Gasteiger partial charge >= 0.3 is 6.09 Å². The number of H-pyrrole nitrogens is 1. The minimum absolute atomic E-state index is 0.0919. The fourth-order valence-electron chi connectivity index (χ4n) is 4.83. The number of carboxylic acid groups (broad SMARTS) is 1. The van der Waals surface area contributed by atoms with E-state index in [1.54, 1.807) is 29.0 Å². The molecule has 0 bridgehead atoms. The van der Waals surface area contributed by atoms with E-state index in [2.05, 4.69) is 18.1 Å². The van der Waals surface area contributed by atoms with E-state index < -0.39 is 11.9 Å². The fraction of sp³-hybridized carbons (Fsp3) is 0.250. The molecule has 0 aliphatic heterocycles. The third-order valence-corrected chi connectivity index (χ3v) is 6.63. The summed E-state index contributed by atoms with van der Waals surface area (Å²) in [6.07, 6.45) is 4.03. The lowest BCUT2D eigenvalue weighted by atomic mass is 9.81. The van der Waals surface area contributed by atoms with E-state index in [0.717, 1.165) is 53.1 Å². The topological polar surface area (TPSA) is 91.2 Å². The zero-order valence-electron chi connectivity index (χ0n) is 19.9. The fourth-order valence-corrected chi connectivity index (χ4v) is 4.83. The van der Waals surface area contributed by atoms with Crippen molar-refractivity contribution in [1.29, 1.82) is 0 Å². The molecule has 5 rings (SSSR count). The SMILES string of the molecule is C=C.O=C(O)N(CC1CCC(c2nc3ccc(-n4ccccc4=O)cc3[nH]2)CC1)c1ccccc1F. The number of aromatic nitrogens is 3. The quantitative estimate of drug-likeness (QED) is 0.332. The largest absolute Gasteiger partial charge is 0.465 e. The molecule has 0 spiro atoms. The van der Waals surface area contributed by atoms with Crippen molar-refractivity contribution in [3.8, 4) is 5.69 Å². The maximum atomic E-state index is 14.2. The van der Waals surface area contributed by atoms with E-state index in [4.69, 9.17) is 4.98 Å². The highest BCUT2D eigenvalue weighted by Crippen LogP contribution is 2.36. The average molecular weight is 489 g/mol. The first-order valence-electron chi connectivity index (χ1n) is 11.9. The zero-order valence-corrected chi connectivity index (χ0v) is 19.9. The summed E-state index contributed by atoms with van der Waals surface area (Å²) in [5.74, 6) is 0.791. The lowest BCUT2D eigenvalue weighted by Crippen LogP contribution is -2.36. The van der Waals surface area contributed by atoms with Crippen LogP contribution >= 0.6 is 0 Å². The molecule has 186 valence electrons. The second-order valence-electron chi connectivity index (χ2n) is 8.79. The number of para-hydroxylation sites is 1. The first-order chi connectivity index (χ1) is 17.5. The molecule has 1 aliphatic rings. The highest BCUT2D eigenvalue weighted by molar-refractivity contribution is 5.86. The summed E-state index contributed by atoms with van der Waals surface area (Å²) in [6, 6.07) is 16.8. The standard InChI is InChI=1S/C26H25FN4O3.C2H4/c27-20-5-1-2-6-23(20)31(26(33)34)16-17-8-10-18(11-9-17)25-28-21-13-12-19(15-22(21)29-25)30-14-4-3-7-24(30)32;1-2/h1-7,12-15,17-18H,8-11,16H2,(H,28,29)(H,33,34);1-2H2. The van der Waals surface area contributed by atoms with E-state index in [9.17, 15) is 19.1 Å². The Morgan fingerprint density at radius 3 is 2.50 bits per heavy atom. The Morgan fingerprint density at radius 2 is 1.81 bits per heavy atom. The third-order valence-electron chi connectivity index (χ3n) is 6.63. The van der Waals surface area contributed by atoms with Gasteiger partial charge in [-0.05, 0) is 68.0 Å². The number of carbonyl (C=O) groups is 1. The summed E-state index contributed by atoms with van der Waals surface area (Å²) in [5, 5.41) is 9.64. The van der Waals surface area contributed by atoms with Crippen molar-refractivity contribution < 1.29 is 14.3 Å². The molecule has 0 saturated heterocycles. The van der Waals surface area contributed by atoms with Crippen LogP contribution in [0, 0.1) is 11.7 Å². The maximum Gasteiger partial charge on any atom is 0.411 e. The van der Waals surface area contributed by atoms with Crippen molar-refractivity contribution in [1.82, 2.24) is 14.5 Å². The van der Waals surface area contributed by atoms with Crippen LogP contribution in [0.5, 0.6) is 0 Å². The molecule has 1 aliphatic carbocycles. The molecular formula is C28H29FN4O3. The highest BCUT2D eigenvalue weighted by Gasteiger charge is 2.28. The van der Waals surface area contributed by atoms with Crippen LogP contribution in [0.3, 0.4) is 0 Å². The predicted molar refractivity (Wildman–Crippen MR) is 139 cm³/mol. The zero-order chi connectivity index (χ0) is 25.7. The van der Waals surface area contributed by atoms with Crippen molar-refractivity contribution in [2.45, 2.75) is 31.6 Å². The lowest BCUT2D eigenvalue weighted by Gasteiger charge is -2.31.